The van der Waals surface area contributed by atoms with Crippen molar-refractivity contribution in [3.05, 3.63) is 60.1 Å². The van der Waals surface area contributed by atoms with Gasteiger partial charge in [0.05, 0.1) is 19.5 Å². The van der Waals surface area contributed by atoms with Gasteiger partial charge >= 0.3 is 0 Å². The van der Waals surface area contributed by atoms with E-state index in [1.54, 1.807) is 6.26 Å². The van der Waals surface area contributed by atoms with Crippen molar-refractivity contribution in [3.63, 3.8) is 0 Å². The molecule has 25 heavy (non-hydrogen) atoms. The maximum Gasteiger partial charge on any atom is 0.167 e. The Morgan fingerprint density at radius 2 is 1.92 bits per heavy atom. The molecule has 6 heteroatoms. The molecule has 1 aromatic carbocycles. The van der Waals surface area contributed by atoms with E-state index in [0.717, 1.165) is 57.1 Å². The van der Waals surface area contributed by atoms with Gasteiger partial charge in [0, 0.05) is 19.6 Å². The van der Waals surface area contributed by atoms with Crippen LogP contribution in [0.4, 0.5) is 0 Å². The summed E-state index contributed by atoms with van der Waals surface area (Å²) in [5.41, 5.74) is 1.12. The first kappa shape index (κ1) is 17.9. The van der Waals surface area contributed by atoms with Crippen molar-refractivity contribution in [2.75, 3.05) is 39.4 Å². The molecule has 0 aliphatic carbocycles. The third kappa shape index (κ3) is 5.56. The van der Waals surface area contributed by atoms with Crippen LogP contribution in [0.2, 0.25) is 0 Å². The van der Waals surface area contributed by atoms with Gasteiger partial charge in [-0.25, -0.2) is 0 Å². The highest BCUT2D eigenvalue weighted by molar-refractivity contribution is 7.80. The number of thiocarbonyl (C=S) groups is 1. The zero-order chi connectivity index (χ0) is 17.3. The van der Waals surface area contributed by atoms with Crippen molar-refractivity contribution in [1.29, 1.82) is 0 Å². The van der Waals surface area contributed by atoms with Crippen molar-refractivity contribution in [2.45, 2.75) is 12.5 Å². The molecule has 1 aliphatic heterocycles. The fraction of sp³-hybridized carbons (Fsp3) is 0.421. The van der Waals surface area contributed by atoms with Crippen LogP contribution in [-0.4, -0.2) is 49.4 Å². The number of hydrogen-bond donors (Lipinski definition) is 2. The van der Waals surface area contributed by atoms with E-state index in [1.165, 1.54) is 0 Å². The van der Waals surface area contributed by atoms with E-state index >= 15 is 0 Å². The lowest BCUT2D eigenvalue weighted by Crippen LogP contribution is -2.41. The van der Waals surface area contributed by atoms with E-state index in [9.17, 15) is 0 Å². The molecule has 0 amide bonds. The number of morpholine rings is 1. The molecule has 0 unspecified atom stereocenters. The molecular formula is C19H25N3O2S. The molecule has 2 heterocycles. The van der Waals surface area contributed by atoms with Crippen LogP contribution < -0.4 is 10.6 Å². The van der Waals surface area contributed by atoms with E-state index in [-0.39, 0.29) is 6.04 Å². The summed E-state index contributed by atoms with van der Waals surface area (Å²) in [6.45, 7) is 5.65. The van der Waals surface area contributed by atoms with Gasteiger partial charge in [0.25, 0.3) is 0 Å². The third-order valence-electron chi connectivity index (χ3n) is 4.28. The molecule has 0 radical (unpaired) electrons. The molecule has 1 aromatic heterocycles. The Bertz CT molecular complexity index is 627. The molecule has 0 spiro atoms. The Hall–Kier alpha value is -1.89. The topological polar surface area (TPSA) is 49.7 Å². The van der Waals surface area contributed by atoms with Gasteiger partial charge in [-0.3, -0.25) is 4.90 Å². The predicted molar refractivity (Wildman–Crippen MR) is 103 cm³/mol. The highest BCUT2D eigenvalue weighted by Gasteiger charge is 2.17. The van der Waals surface area contributed by atoms with Crippen molar-refractivity contribution in [3.8, 4) is 0 Å². The highest BCUT2D eigenvalue weighted by atomic mass is 32.1. The largest absolute Gasteiger partial charge is 0.467 e. The minimum absolute atomic E-state index is 0.0876. The van der Waals surface area contributed by atoms with Gasteiger partial charge < -0.3 is 19.8 Å². The summed E-state index contributed by atoms with van der Waals surface area (Å²) >= 11 is 5.48. The SMILES string of the molecule is S=C(NCCCN1CCOCC1)N[C@H](c1ccccc1)c1ccco1. The summed E-state index contributed by atoms with van der Waals surface area (Å²) in [4.78, 5) is 2.43. The second kappa shape index (κ2) is 9.56. The van der Waals surface area contributed by atoms with E-state index in [1.807, 2.05) is 30.3 Å². The fourth-order valence-electron chi connectivity index (χ4n) is 2.93. The minimum atomic E-state index is -0.0876. The third-order valence-corrected chi connectivity index (χ3v) is 4.54. The number of benzene rings is 1. The Balaban J connectivity index is 1.47. The number of nitrogens with one attached hydrogen (secondary N) is 2. The first-order valence-electron chi connectivity index (χ1n) is 8.76. The lowest BCUT2D eigenvalue weighted by atomic mass is 10.1. The monoisotopic (exact) mass is 359 g/mol. The molecule has 134 valence electrons. The second-order valence-electron chi connectivity index (χ2n) is 6.07. The highest BCUT2D eigenvalue weighted by Crippen LogP contribution is 2.22. The van der Waals surface area contributed by atoms with Gasteiger partial charge in [-0.15, -0.1) is 0 Å². The molecule has 0 saturated carbocycles. The Morgan fingerprint density at radius 3 is 2.64 bits per heavy atom. The normalized spacial score (nSPS) is 16.3. The van der Waals surface area contributed by atoms with Crippen molar-refractivity contribution < 1.29 is 9.15 Å². The zero-order valence-electron chi connectivity index (χ0n) is 14.3. The van der Waals surface area contributed by atoms with E-state index in [4.69, 9.17) is 21.4 Å². The summed E-state index contributed by atoms with van der Waals surface area (Å²) in [6, 6.07) is 14.0. The molecule has 5 nitrogen and oxygen atoms in total. The Labute approximate surface area is 154 Å². The average molecular weight is 359 g/mol. The summed E-state index contributed by atoms with van der Waals surface area (Å²) in [6.07, 6.45) is 2.74. The average Bonchev–Trinajstić information content (AvgIpc) is 3.19. The summed E-state index contributed by atoms with van der Waals surface area (Å²) < 4.78 is 11.0. The van der Waals surface area contributed by atoms with Gasteiger partial charge in [0.2, 0.25) is 0 Å². The van der Waals surface area contributed by atoms with Crippen LogP contribution in [0.3, 0.4) is 0 Å². The van der Waals surface area contributed by atoms with E-state index < -0.39 is 0 Å². The molecule has 1 aliphatic rings. The first-order chi connectivity index (χ1) is 12.3. The standard InChI is InChI=1S/C19H25N3O2S/c25-19(20-9-5-10-22-11-14-23-15-12-22)21-18(17-8-4-13-24-17)16-6-2-1-3-7-16/h1-4,6-8,13,18H,5,9-12,14-15H2,(H2,20,21,25)/t18-/m1/s1. The molecular weight excluding hydrogens is 334 g/mol. The molecule has 3 rings (SSSR count). The number of hydrogen-bond acceptors (Lipinski definition) is 4. The van der Waals surface area contributed by atoms with Crippen LogP contribution in [-0.2, 0) is 4.74 Å². The lowest BCUT2D eigenvalue weighted by Gasteiger charge is -2.26. The van der Waals surface area contributed by atoms with Crippen LogP contribution >= 0.6 is 12.2 Å². The molecule has 1 fully saturated rings. The van der Waals surface area contributed by atoms with Gasteiger partial charge in [-0.2, -0.15) is 0 Å². The van der Waals surface area contributed by atoms with Crippen LogP contribution in [0.1, 0.15) is 23.8 Å². The quantitative estimate of drug-likeness (QED) is 0.585. The number of furan rings is 1. The minimum Gasteiger partial charge on any atom is -0.467 e. The van der Waals surface area contributed by atoms with Gasteiger partial charge in [-0.1, -0.05) is 30.3 Å². The molecule has 1 atom stereocenters. The predicted octanol–water partition coefficient (Wildman–Crippen LogP) is 2.56. The smallest absolute Gasteiger partial charge is 0.167 e. The van der Waals surface area contributed by atoms with Crippen molar-refractivity contribution in [1.82, 2.24) is 15.5 Å². The first-order valence-corrected chi connectivity index (χ1v) is 9.16. The van der Waals surface area contributed by atoms with Crippen LogP contribution in [0.15, 0.2) is 53.1 Å². The molecule has 2 aromatic rings. The number of rotatable bonds is 7. The van der Waals surface area contributed by atoms with Crippen molar-refractivity contribution in [2.24, 2.45) is 0 Å². The van der Waals surface area contributed by atoms with Crippen LogP contribution in [0.5, 0.6) is 0 Å². The molecule has 0 bridgehead atoms. The Morgan fingerprint density at radius 1 is 1.12 bits per heavy atom. The van der Waals surface area contributed by atoms with Crippen LogP contribution in [0, 0.1) is 0 Å². The maximum atomic E-state index is 5.59. The maximum absolute atomic E-state index is 5.59. The van der Waals surface area contributed by atoms with Gasteiger partial charge in [0.15, 0.2) is 5.11 Å². The summed E-state index contributed by atoms with van der Waals surface area (Å²) in [5, 5.41) is 7.32. The van der Waals surface area contributed by atoms with E-state index in [2.05, 4.69) is 27.7 Å². The van der Waals surface area contributed by atoms with Gasteiger partial charge in [-0.05, 0) is 42.9 Å². The lowest BCUT2D eigenvalue weighted by molar-refractivity contribution is 0.0376. The van der Waals surface area contributed by atoms with Crippen LogP contribution in [0.25, 0.3) is 0 Å². The number of ether oxygens (including phenoxy) is 1. The van der Waals surface area contributed by atoms with E-state index in [0.29, 0.717) is 5.11 Å². The summed E-state index contributed by atoms with van der Waals surface area (Å²) in [7, 11) is 0. The summed E-state index contributed by atoms with van der Waals surface area (Å²) in [5.74, 6) is 0.851. The molecule has 1 saturated heterocycles. The Kier molecular flexibility index (Phi) is 6.85. The fourth-order valence-corrected chi connectivity index (χ4v) is 3.15. The van der Waals surface area contributed by atoms with Crippen molar-refractivity contribution >= 4 is 17.3 Å². The van der Waals surface area contributed by atoms with Gasteiger partial charge in [0.1, 0.15) is 11.8 Å². The molecule has 2 N–H and O–H groups in total. The second-order valence-corrected chi connectivity index (χ2v) is 6.48. The number of nitrogens with zero attached hydrogens (tertiary/aromatic N) is 1. The zero-order valence-corrected chi connectivity index (χ0v) is 15.1.